The van der Waals surface area contributed by atoms with Crippen LogP contribution >= 0.6 is 0 Å². The van der Waals surface area contributed by atoms with Crippen molar-refractivity contribution in [3.63, 3.8) is 0 Å². The number of sulfone groups is 1. The van der Waals surface area contributed by atoms with Gasteiger partial charge >= 0.3 is 0 Å². The highest BCUT2D eigenvalue weighted by atomic mass is 32.2. The summed E-state index contributed by atoms with van der Waals surface area (Å²) < 4.78 is 34.3. The number of para-hydroxylation sites is 3. The van der Waals surface area contributed by atoms with Crippen molar-refractivity contribution in [1.82, 2.24) is 0 Å². The maximum Gasteiger partial charge on any atom is 0.262 e. The molecule has 0 radical (unpaired) electrons. The van der Waals surface area contributed by atoms with Crippen molar-refractivity contribution in [2.45, 2.75) is 11.8 Å². The average Bonchev–Trinajstić information content (AvgIpc) is 2.54. The molecule has 2 aromatic rings. The van der Waals surface area contributed by atoms with Gasteiger partial charge in [-0.2, -0.15) is 0 Å². The van der Waals surface area contributed by atoms with Crippen molar-refractivity contribution >= 4 is 21.4 Å². The Morgan fingerprint density at radius 3 is 2.21 bits per heavy atom. The summed E-state index contributed by atoms with van der Waals surface area (Å²) in [5, 5.41) is 2.55. The third-order valence-electron chi connectivity index (χ3n) is 3.07. The Morgan fingerprint density at radius 1 is 1.00 bits per heavy atom. The SMILES string of the molecule is CCOc1ccccc1OCC(=O)Nc1ccccc1S(C)(=O)=O. The number of amides is 1. The van der Waals surface area contributed by atoms with E-state index in [1.54, 1.807) is 36.4 Å². The van der Waals surface area contributed by atoms with E-state index in [0.717, 1.165) is 6.26 Å². The Labute approximate surface area is 141 Å². The number of hydrogen-bond donors (Lipinski definition) is 1. The number of carbonyl (C=O) groups excluding carboxylic acids is 1. The summed E-state index contributed by atoms with van der Waals surface area (Å²) in [6.07, 6.45) is 1.09. The Bertz CT molecular complexity index is 817. The highest BCUT2D eigenvalue weighted by molar-refractivity contribution is 7.90. The predicted molar refractivity (Wildman–Crippen MR) is 91.3 cm³/mol. The van der Waals surface area contributed by atoms with E-state index in [9.17, 15) is 13.2 Å². The molecule has 7 heteroatoms. The lowest BCUT2D eigenvalue weighted by Crippen LogP contribution is -2.21. The van der Waals surface area contributed by atoms with Gasteiger partial charge in [0.2, 0.25) is 0 Å². The zero-order chi connectivity index (χ0) is 17.6. The molecule has 0 spiro atoms. The molecule has 0 saturated heterocycles. The van der Waals surface area contributed by atoms with Crippen molar-refractivity contribution in [2.75, 3.05) is 24.8 Å². The molecule has 0 aliphatic rings. The van der Waals surface area contributed by atoms with Gasteiger partial charge < -0.3 is 14.8 Å². The van der Waals surface area contributed by atoms with E-state index in [4.69, 9.17) is 9.47 Å². The van der Waals surface area contributed by atoms with Gasteiger partial charge in [-0.3, -0.25) is 4.79 Å². The van der Waals surface area contributed by atoms with Crippen LogP contribution < -0.4 is 14.8 Å². The zero-order valence-corrected chi connectivity index (χ0v) is 14.3. The first kappa shape index (κ1) is 17.8. The van der Waals surface area contributed by atoms with Crippen molar-refractivity contribution in [3.05, 3.63) is 48.5 Å². The molecule has 0 atom stereocenters. The average molecular weight is 349 g/mol. The third-order valence-corrected chi connectivity index (χ3v) is 4.22. The van der Waals surface area contributed by atoms with Gasteiger partial charge in [0.15, 0.2) is 27.9 Å². The van der Waals surface area contributed by atoms with Crippen molar-refractivity contribution in [2.24, 2.45) is 0 Å². The van der Waals surface area contributed by atoms with E-state index in [1.807, 2.05) is 6.92 Å². The highest BCUT2D eigenvalue weighted by Crippen LogP contribution is 2.26. The first-order chi connectivity index (χ1) is 11.4. The largest absolute Gasteiger partial charge is 0.490 e. The normalized spacial score (nSPS) is 10.9. The maximum absolute atomic E-state index is 12.1. The number of hydrogen-bond acceptors (Lipinski definition) is 5. The van der Waals surface area contributed by atoms with E-state index in [-0.39, 0.29) is 17.2 Å². The van der Waals surface area contributed by atoms with Crippen molar-refractivity contribution < 1.29 is 22.7 Å². The second kappa shape index (κ2) is 7.83. The van der Waals surface area contributed by atoms with Crippen LogP contribution in [-0.2, 0) is 14.6 Å². The lowest BCUT2D eigenvalue weighted by atomic mass is 10.3. The molecule has 128 valence electrons. The second-order valence-electron chi connectivity index (χ2n) is 4.98. The molecule has 0 fully saturated rings. The van der Waals surface area contributed by atoms with Gasteiger partial charge in [-0.25, -0.2) is 8.42 Å². The van der Waals surface area contributed by atoms with Gasteiger partial charge in [-0.15, -0.1) is 0 Å². The van der Waals surface area contributed by atoms with Crippen LogP contribution in [0.25, 0.3) is 0 Å². The van der Waals surface area contributed by atoms with Gasteiger partial charge in [0.1, 0.15) is 0 Å². The molecular weight excluding hydrogens is 330 g/mol. The molecule has 1 amide bonds. The minimum absolute atomic E-state index is 0.0630. The van der Waals surface area contributed by atoms with E-state index < -0.39 is 15.7 Å². The molecule has 1 N–H and O–H groups in total. The summed E-state index contributed by atoms with van der Waals surface area (Å²) in [7, 11) is -3.44. The molecule has 2 aromatic carbocycles. The number of rotatable bonds is 7. The van der Waals surface area contributed by atoms with Gasteiger partial charge in [0.05, 0.1) is 17.2 Å². The number of anilines is 1. The monoisotopic (exact) mass is 349 g/mol. The molecule has 0 unspecified atom stereocenters. The van der Waals surface area contributed by atoms with Crippen LogP contribution in [-0.4, -0.2) is 33.8 Å². The molecule has 0 aliphatic heterocycles. The van der Waals surface area contributed by atoms with Crippen LogP contribution in [0.4, 0.5) is 5.69 Å². The van der Waals surface area contributed by atoms with Gasteiger partial charge in [-0.1, -0.05) is 24.3 Å². The van der Waals surface area contributed by atoms with E-state index >= 15 is 0 Å². The fourth-order valence-corrected chi connectivity index (χ4v) is 2.91. The first-order valence-corrected chi connectivity index (χ1v) is 9.24. The summed E-state index contributed by atoms with van der Waals surface area (Å²) in [5.41, 5.74) is 0.228. The fraction of sp³-hybridized carbons (Fsp3) is 0.235. The van der Waals surface area contributed by atoms with Crippen molar-refractivity contribution in [3.8, 4) is 11.5 Å². The molecule has 24 heavy (non-hydrogen) atoms. The fourth-order valence-electron chi connectivity index (χ4n) is 2.07. The summed E-state index contributed by atoms with van der Waals surface area (Å²) >= 11 is 0. The minimum atomic E-state index is -3.44. The Kier molecular flexibility index (Phi) is 5.81. The van der Waals surface area contributed by atoms with Crippen LogP contribution in [0.5, 0.6) is 11.5 Å². The number of ether oxygens (including phenoxy) is 2. The molecule has 0 saturated carbocycles. The van der Waals surface area contributed by atoms with E-state index in [2.05, 4.69) is 5.32 Å². The molecule has 6 nitrogen and oxygen atoms in total. The summed E-state index contributed by atoms with van der Waals surface area (Å²) in [4.78, 5) is 12.1. The predicted octanol–water partition coefficient (Wildman–Crippen LogP) is 2.51. The van der Waals surface area contributed by atoms with Crippen LogP contribution in [0.3, 0.4) is 0 Å². The number of benzene rings is 2. The standard InChI is InChI=1S/C17H19NO5S/c1-3-22-14-9-5-6-10-15(14)23-12-17(19)18-13-8-4-7-11-16(13)24(2,20)21/h4-11H,3,12H2,1-2H3,(H,18,19). The van der Waals surface area contributed by atoms with Crippen LogP contribution in [0, 0.1) is 0 Å². The molecule has 0 aromatic heterocycles. The molecular formula is C17H19NO5S. The maximum atomic E-state index is 12.1. The molecule has 0 bridgehead atoms. The van der Waals surface area contributed by atoms with Gasteiger partial charge in [0.25, 0.3) is 5.91 Å². The quantitative estimate of drug-likeness (QED) is 0.830. The Balaban J connectivity index is 2.05. The third kappa shape index (κ3) is 4.73. The summed E-state index contributed by atoms with van der Waals surface area (Å²) in [6, 6.07) is 13.2. The van der Waals surface area contributed by atoms with E-state index in [1.165, 1.54) is 12.1 Å². The lowest BCUT2D eigenvalue weighted by Gasteiger charge is -2.12. The van der Waals surface area contributed by atoms with Gasteiger partial charge in [0, 0.05) is 6.26 Å². The van der Waals surface area contributed by atoms with Crippen molar-refractivity contribution in [1.29, 1.82) is 0 Å². The molecule has 0 heterocycles. The van der Waals surface area contributed by atoms with E-state index in [0.29, 0.717) is 18.1 Å². The van der Waals surface area contributed by atoms with Crippen LogP contribution in [0.2, 0.25) is 0 Å². The number of carbonyl (C=O) groups is 1. The van der Waals surface area contributed by atoms with Crippen LogP contribution in [0.1, 0.15) is 6.92 Å². The second-order valence-corrected chi connectivity index (χ2v) is 6.97. The smallest absolute Gasteiger partial charge is 0.262 e. The summed E-state index contributed by atoms with van der Waals surface area (Å²) in [5.74, 6) is 0.535. The Hall–Kier alpha value is -2.54. The number of nitrogens with one attached hydrogen (secondary N) is 1. The van der Waals surface area contributed by atoms with Crippen LogP contribution in [0.15, 0.2) is 53.4 Å². The summed E-state index contributed by atoms with van der Waals surface area (Å²) in [6.45, 7) is 2.07. The van der Waals surface area contributed by atoms with Gasteiger partial charge in [-0.05, 0) is 31.2 Å². The molecule has 0 aliphatic carbocycles. The zero-order valence-electron chi connectivity index (χ0n) is 13.5. The molecule has 2 rings (SSSR count). The lowest BCUT2D eigenvalue weighted by molar-refractivity contribution is -0.118. The first-order valence-electron chi connectivity index (χ1n) is 7.35. The highest BCUT2D eigenvalue weighted by Gasteiger charge is 2.15. The minimum Gasteiger partial charge on any atom is -0.490 e. The Morgan fingerprint density at radius 2 is 1.58 bits per heavy atom. The topological polar surface area (TPSA) is 81.7 Å².